The van der Waals surface area contributed by atoms with E-state index < -0.39 is 15.7 Å². The van der Waals surface area contributed by atoms with Gasteiger partial charge in [-0.25, -0.2) is 0 Å². The van der Waals surface area contributed by atoms with Gasteiger partial charge in [-0.1, -0.05) is 0 Å². The SMILES string of the molecule is CC1=CC[C]([Zr]([CH3])([CH3])(=[GeH2])[CH]2C(C)=C(C)c3ccccc32)=C1.Cl.Cl. The predicted molar refractivity (Wildman–Crippen MR) is 109 cm³/mol. The van der Waals surface area contributed by atoms with Gasteiger partial charge in [0, 0.05) is 0 Å². The van der Waals surface area contributed by atoms with Crippen LogP contribution in [0.1, 0.15) is 41.9 Å². The van der Waals surface area contributed by atoms with Gasteiger partial charge < -0.3 is 0 Å². The minimum atomic E-state index is -2.88. The second-order valence-electron chi connectivity index (χ2n) is 7.96. The fourth-order valence-electron chi connectivity index (χ4n) is 4.37. The maximum atomic E-state index is 2.70. The Labute approximate surface area is 159 Å². The summed E-state index contributed by atoms with van der Waals surface area (Å²) in [6.07, 6.45) is 6.17. The van der Waals surface area contributed by atoms with Crippen molar-refractivity contribution >= 4 is 42.5 Å². The first-order chi connectivity index (χ1) is 9.71. The Balaban J connectivity index is 0.00000132. The van der Waals surface area contributed by atoms with Crippen LogP contribution in [0, 0.1) is 0 Å². The van der Waals surface area contributed by atoms with Crippen LogP contribution >= 0.6 is 24.8 Å². The van der Waals surface area contributed by atoms with Crippen molar-refractivity contribution < 1.29 is 15.7 Å². The summed E-state index contributed by atoms with van der Waals surface area (Å²) in [6, 6.07) is 9.15. The van der Waals surface area contributed by atoms with Crippen LogP contribution in [0.2, 0.25) is 9.26 Å². The Kier molecular flexibility index (Phi) is 6.53. The number of rotatable bonds is 2. The Morgan fingerprint density at radius 1 is 1.04 bits per heavy atom. The second kappa shape index (κ2) is 6.98. The molecular formula is C19H28Cl2GeZr. The van der Waals surface area contributed by atoms with Crippen LogP contribution in [0.3, 0.4) is 0 Å². The van der Waals surface area contributed by atoms with Crippen LogP contribution in [0.4, 0.5) is 0 Å². The summed E-state index contributed by atoms with van der Waals surface area (Å²) in [6.45, 7) is 6.98. The molecule has 1 unspecified atom stereocenters. The molecule has 0 saturated heterocycles. The van der Waals surface area contributed by atoms with Crippen LogP contribution in [0.25, 0.3) is 5.57 Å². The summed E-state index contributed by atoms with van der Waals surface area (Å²) in [5, 5.41) is 0. The van der Waals surface area contributed by atoms with Gasteiger partial charge in [-0.3, -0.25) is 0 Å². The molecule has 0 aliphatic heterocycles. The number of fused-ring (bicyclic) bond motifs is 1. The molecular weight excluding hydrogens is 463 g/mol. The molecule has 2 aliphatic carbocycles. The predicted octanol–water partition coefficient (Wildman–Crippen LogP) is 5.95. The average molecular weight is 491 g/mol. The van der Waals surface area contributed by atoms with E-state index in [1.54, 1.807) is 11.1 Å². The second-order valence-corrected chi connectivity index (χ2v) is 51.8. The number of benzene rings is 1. The molecule has 126 valence electrons. The average Bonchev–Trinajstić information content (AvgIpc) is 2.95. The maximum Gasteiger partial charge on any atom is -0.147 e. The summed E-state index contributed by atoms with van der Waals surface area (Å²) in [5.41, 5.74) is 7.81. The van der Waals surface area contributed by atoms with Crippen LogP contribution in [-0.2, 0) is 15.7 Å². The molecule has 0 radical (unpaired) electrons. The van der Waals surface area contributed by atoms with Crippen molar-refractivity contribution in [3.05, 3.63) is 62.0 Å². The van der Waals surface area contributed by atoms with E-state index in [-0.39, 0.29) is 24.8 Å². The molecule has 0 fully saturated rings. The van der Waals surface area contributed by atoms with Gasteiger partial charge in [0.2, 0.25) is 0 Å². The monoisotopic (exact) mass is 490 g/mol. The Hall–Kier alpha value is 0.446. The standard InChI is InChI=1S/C11H11.C6H7.2CH3.2ClH.GeH2.Zr/c1-8-7-10-5-3-4-6-11(10)9(8)2;1-6-4-2-3-5-6;;;;;;/h3-7H,1-2H3;4-5H,2H2,1H3;2*1H3;2*1H;1H2;. The Morgan fingerprint density at radius 3 is 2.22 bits per heavy atom. The van der Waals surface area contributed by atoms with Gasteiger partial charge >= 0.3 is 135 Å². The van der Waals surface area contributed by atoms with E-state index in [4.69, 9.17) is 0 Å². The van der Waals surface area contributed by atoms with Crippen LogP contribution in [0.5, 0.6) is 0 Å². The van der Waals surface area contributed by atoms with E-state index in [0.29, 0.717) is 0 Å². The summed E-state index contributed by atoms with van der Waals surface area (Å²) in [7, 11) is 0. The Bertz CT molecular complexity index is 793. The minimum Gasteiger partial charge on any atom is -0.147 e. The first kappa shape index (κ1) is 21.5. The third-order valence-electron chi connectivity index (χ3n) is 5.73. The fourth-order valence-corrected chi connectivity index (χ4v) is 25.5. The van der Waals surface area contributed by atoms with Crippen LogP contribution in [0.15, 0.2) is 50.8 Å². The first-order valence-electron chi connectivity index (χ1n) is 7.92. The molecule has 2 aliphatic rings. The van der Waals surface area contributed by atoms with Gasteiger partial charge in [0.1, 0.15) is 0 Å². The van der Waals surface area contributed by atoms with Crippen LogP contribution < -0.4 is 0 Å². The van der Waals surface area contributed by atoms with Gasteiger partial charge in [0.25, 0.3) is 0 Å². The summed E-state index contributed by atoms with van der Waals surface area (Å²) in [4.78, 5) is 0. The maximum absolute atomic E-state index is 2.88. The molecule has 0 amide bonds. The molecule has 1 atom stereocenters. The van der Waals surface area contributed by atoms with Gasteiger partial charge in [-0.2, -0.15) is 0 Å². The largest absolute Gasteiger partial charge is 0.147 e. The number of allylic oxidation sites excluding steroid dienone is 6. The molecule has 1 aromatic rings. The molecule has 3 rings (SSSR count). The van der Waals surface area contributed by atoms with E-state index >= 15 is 0 Å². The molecule has 4 heteroatoms. The third-order valence-corrected chi connectivity index (χ3v) is 28.9. The molecule has 0 bridgehead atoms. The fraction of sp³-hybridized carbons (Fsp3) is 0.368. The van der Waals surface area contributed by atoms with Gasteiger partial charge in [0.05, 0.1) is 0 Å². The van der Waals surface area contributed by atoms with Gasteiger partial charge in [-0.05, 0) is 0 Å². The Morgan fingerprint density at radius 2 is 1.65 bits per heavy atom. The third kappa shape index (κ3) is 3.41. The molecule has 0 nitrogen and oxygen atoms in total. The molecule has 0 aromatic heterocycles. The van der Waals surface area contributed by atoms with Crippen molar-refractivity contribution in [2.24, 2.45) is 0 Å². The van der Waals surface area contributed by atoms with Crippen molar-refractivity contribution in [2.75, 3.05) is 0 Å². The van der Waals surface area contributed by atoms with Gasteiger partial charge in [0.15, 0.2) is 0 Å². The quantitative estimate of drug-likeness (QED) is 0.449. The van der Waals surface area contributed by atoms with E-state index in [1.165, 1.54) is 35.3 Å². The molecule has 0 N–H and O–H groups in total. The number of halogens is 2. The van der Waals surface area contributed by atoms with Gasteiger partial charge in [-0.15, -0.1) is 24.8 Å². The zero-order chi connectivity index (χ0) is 15.4. The van der Waals surface area contributed by atoms with Crippen molar-refractivity contribution in [3.63, 3.8) is 0 Å². The van der Waals surface area contributed by atoms with Crippen LogP contribution in [-0.4, -0.2) is 12.1 Å². The van der Waals surface area contributed by atoms with E-state index in [9.17, 15) is 0 Å². The van der Waals surface area contributed by atoms with E-state index in [0.717, 1.165) is 3.63 Å². The summed E-state index contributed by atoms with van der Waals surface area (Å²) >= 11 is -1.39. The molecule has 0 spiro atoms. The summed E-state index contributed by atoms with van der Waals surface area (Å²) < 4.78 is 7.95. The zero-order valence-corrected chi connectivity index (χ0v) is 21.8. The van der Waals surface area contributed by atoms with Crippen molar-refractivity contribution in [2.45, 2.75) is 40.1 Å². The molecule has 0 heterocycles. The van der Waals surface area contributed by atoms with E-state index in [1.807, 2.05) is 3.28 Å². The van der Waals surface area contributed by atoms with Crippen molar-refractivity contribution in [1.82, 2.24) is 0 Å². The zero-order valence-electron chi connectivity index (χ0n) is 14.8. The first-order valence-corrected chi connectivity index (χ1v) is 26.0. The molecule has 0 saturated carbocycles. The normalized spacial score (nSPS) is 20.3. The topological polar surface area (TPSA) is 0 Å². The van der Waals surface area contributed by atoms with Crippen molar-refractivity contribution in [3.8, 4) is 0 Å². The summed E-state index contributed by atoms with van der Waals surface area (Å²) in [5.74, 6) is 0. The number of hydrogen-bond acceptors (Lipinski definition) is 0. The molecule has 23 heavy (non-hydrogen) atoms. The minimum absolute atomic E-state index is 0. The number of hydrogen-bond donors (Lipinski definition) is 0. The van der Waals surface area contributed by atoms with Crippen molar-refractivity contribution in [1.29, 1.82) is 0 Å². The van der Waals surface area contributed by atoms with E-state index in [2.05, 4.69) is 66.5 Å². The smallest absolute Gasteiger partial charge is 0.147 e. The molecule has 1 aromatic carbocycles.